The topological polar surface area (TPSA) is 71.2 Å². The van der Waals surface area contributed by atoms with Crippen molar-refractivity contribution in [3.05, 3.63) is 11.9 Å². The molecule has 2 unspecified atom stereocenters. The molecule has 3 rings (SSSR count). The highest BCUT2D eigenvalue weighted by atomic mass is 16.4. The first kappa shape index (κ1) is 12.6. The maximum atomic E-state index is 10.8. The number of likely N-dealkylation sites (tertiary alicyclic amines) is 1. The number of hydrogen-bond acceptors (Lipinski definition) is 4. The number of aromatic carboxylic acids is 1. The summed E-state index contributed by atoms with van der Waals surface area (Å²) in [4.78, 5) is 13.3. The largest absolute Gasteiger partial charge is 0.476 e. The molecule has 2 aliphatic rings. The Morgan fingerprint density at radius 1 is 1.42 bits per heavy atom. The van der Waals surface area contributed by atoms with Gasteiger partial charge in [0.2, 0.25) is 0 Å². The molecule has 6 heteroatoms. The molecule has 6 nitrogen and oxygen atoms in total. The highest BCUT2D eigenvalue weighted by Crippen LogP contribution is 2.35. The molecule has 0 bridgehead atoms. The normalized spacial score (nSPS) is 28.5. The highest BCUT2D eigenvalue weighted by Gasteiger charge is 2.37. The third kappa shape index (κ3) is 2.36. The standard InChI is InChI=1S/C13H20N4O2/c1-2-9-3-4-10(5-9)16-6-11(7-16)17-8-12(13(18)19)14-15-17/h8-11H,2-7H2,1H3,(H,18,19). The molecule has 2 atom stereocenters. The summed E-state index contributed by atoms with van der Waals surface area (Å²) in [5.41, 5.74) is 0.0327. The Morgan fingerprint density at radius 2 is 2.21 bits per heavy atom. The van der Waals surface area contributed by atoms with Gasteiger partial charge in [-0.25, -0.2) is 9.48 Å². The zero-order chi connectivity index (χ0) is 13.4. The van der Waals surface area contributed by atoms with E-state index in [1.165, 1.54) is 31.9 Å². The zero-order valence-electron chi connectivity index (χ0n) is 11.2. The van der Waals surface area contributed by atoms with Gasteiger partial charge in [-0.3, -0.25) is 4.90 Å². The number of nitrogens with zero attached hydrogens (tertiary/aromatic N) is 4. The molecule has 104 valence electrons. The lowest BCUT2D eigenvalue weighted by Gasteiger charge is -2.43. The van der Waals surface area contributed by atoms with Gasteiger partial charge in [-0.05, 0) is 25.2 Å². The summed E-state index contributed by atoms with van der Waals surface area (Å²) in [5, 5.41) is 16.4. The maximum absolute atomic E-state index is 10.8. The Hall–Kier alpha value is -1.43. The second-order valence-electron chi connectivity index (χ2n) is 5.74. The minimum atomic E-state index is -1.01. The first-order valence-corrected chi connectivity index (χ1v) is 7.06. The third-order valence-corrected chi connectivity index (χ3v) is 4.60. The van der Waals surface area contributed by atoms with E-state index in [1.807, 2.05) is 0 Å². The van der Waals surface area contributed by atoms with Gasteiger partial charge in [0.05, 0.1) is 12.2 Å². The number of aromatic nitrogens is 3. The minimum absolute atomic E-state index is 0.0327. The Morgan fingerprint density at radius 3 is 2.79 bits per heavy atom. The van der Waals surface area contributed by atoms with E-state index in [0.29, 0.717) is 6.04 Å². The number of rotatable bonds is 4. The fourth-order valence-electron chi connectivity index (χ4n) is 3.26. The fraction of sp³-hybridized carbons (Fsp3) is 0.769. The average molecular weight is 264 g/mol. The van der Waals surface area contributed by atoms with Crippen molar-refractivity contribution in [2.45, 2.75) is 44.7 Å². The molecule has 1 saturated carbocycles. The van der Waals surface area contributed by atoms with Crippen LogP contribution in [0.2, 0.25) is 0 Å². The van der Waals surface area contributed by atoms with Crippen LogP contribution in [0.15, 0.2) is 6.20 Å². The van der Waals surface area contributed by atoms with Crippen LogP contribution in [0, 0.1) is 5.92 Å². The summed E-state index contributed by atoms with van der Waals surface area (Å²) in [6, 6.07) is 1.02. The third-order valence-electron chi connectivity index (χ3n) is 4.60. The van der Waals surface area contributed by atoms with Crippen LogP contribution in [0.4, 0.5) is 0 Å². The van der Waals surface area contributed by atoms with Crippen LogP contribution in [0.3, 0.4) is 0 Å². The molecular formula is C13H20N4O2. The predicted molar refractivity (Wildman–Crippen MR) is 69.0 cm³/mol. The lowest BCUT2D eigenvalue weighted by molar-refractivity contribution is 0.0524. The van der Waals surface area contributed by atoms with Crippen molar-refractivity contribution in [1.29, 1.82) is 0 Å². The van der Waals surface area contributed by atoms with Gasteiger partial charge >= 0.3 is 5.97 Å². The van der Waals surface area contributed by atoms with E-state index in [1.54, 1.807) is 4.68 Å². The van der Waals surface area contributed by atoms with Crippen LogP contribution in [0.1, 0.15) is 49.1 Å². The van der Waals surface area contributed by atoms with Crippen LogP contribution in [0.25, 0.3) is 0 Å². The van der Waals surface area contributed by atoms with E-state index >= 15 is 0 Å². The van der Waals surface area contributed by atoms with Crippen molar-refractivity contribution in [3.63, 3.8) is 0 Å². The number of hydrogen-bond donors (Lipinski definition) is 1. The van der Waals surface area contributed by atoms with Crippen molar-refractivity contribution in [2.24, 2.45) is 5.92 Å². The van der Waals surface area contributed by atoms with Crippen molar-refractivity contribution >= 4 is 5.97 Å². The summed E-state index contributed by atoms with van der Waals surface area (Å²) in [6.07, 6.45) is 6.81. The average Bonchev–Trinajstić information content (AvgIpc) is 2.95. The number of carboxylic acids is 1. The van der Waals surface area contributed by atoms with E-state index in [4.69, 9.17) is 5.11 Å². The first-order valence-electron chi connectivity index (χ1n) is 7.06. The van der Waals surface area contributed by atoms with Gasteiger partial charge in [-0.1, -0.05) is 18.6 Å². The molecule has 0 spiro atoms. The van der Waals surface area contributed by atoms with Crippen LogP contribution >= 0.6 is 0 Å². The molecule has 2 fully saturated rings. The van der Waals surface area contributed by atoms with E-state index in [0.717, 1.165) is 25.0 Å². The maximum Gasteiger partial charge on any atom is 0.358 e. The van der Waals surface area contributed by atoms with Crippen LogP contribution in [0.5, 0.6) is 0 Å². The molecule has 1 aliphatic heterocycles. The minimum Gasteiger partial charge on any atom is -0.476 e. The van der Waals surface area contributed by atoms with Crippen molar-refractivity contribution in [1.82, 2.24) is 19.9 Å². The van der Waals surface area contributed by atoms with Crippen LogP contribution in [-0.4, -0.2) is 50.1 Å². The summed E-state index contributed by atoms with van der Waals surface area (Å²) in [7, 11) is 0. The zero-order valence-corrected chi connectivity index (χ0v) is 11.2. The molecule has 2 heterocycles. The van der Waals surface area contributed by atoms with Gasteiger partial charge in [-0.15, -0.1) is 5.10 Å². The molecule has 1 aliphatic carbocycles. The number of carbonyl (C=O) groups is 1. The van der Waals surface area contributed by atoms with Gasteiger partial charge < -0.3 is 5.11 Å². The van der Waals surface area contributed by atoms with E-state index in [2.05, 4.69) is 22.1 Å². The number of carboxylic acid groups (broad SMARTS) is 1. The molecule has 1 N–H and O–H groups in total. The Labute approximate surface area is 112 Å². The fourth-order valence-corrected chi connectivity index (χ4v) is 3.26. The second-order valence-corrected chi connectivity index (χ2v) is 5.74. The molecule has 0 radical (unpaired) electrons. The van der Waals surface area contributed by atoms with Gasteiger partial charge in [0, 0.05) is 19.1 Å². The van der Waals surface area contributed by atoms with Crippen molar-refractivity contribution in [2.75, 3.05) is 13.1 Å². The molecule has 1 aromatic rings. The summed E-state index contributed by atoms with van der Waals surface area (Å²) < 4.78 is 1.70. The molecule has 0 aromatic carbocycles. The summed E-state index contributed by atoms with van der Waals surface area (Å²) in [6.45, 7) is 4.22. The molecular weight excluding hydrogens is 244 g/mol. The highest BCUT2D eigenvalue weighted by molar-refractivity contribution is 5.84. The first-order chi connectivity index (χ1) is 9.17. The van der Waals surface area contributed by atoms with E-state index in [-0.39, 0.29) is 5.69 Å². The van der Waals surface area contributed by atoms with Crippen molar-refractivity contribution in [3.8, 4) is 0 Å². The van der Waals surface area contributed by atoms with Gasteiger partial charge in [0.15, 0.2) is 5.69 Å². The van der Waals surface area contributed by atoms with Gasteiger partial charge in [0.1, 0.15) is 0 Å². The molecule has 1 saturated heterocycles. The van der Waals surface area contributed by atoms with E-state index in [9.17, 15) is 4.79 Å². The van der Waals surface area contributed by atoms with Gasteiger partial charge in [0.25, 0.3) is 0 Å². The van der Waals surface area contributed by atoms with Crippen LogP contribution < -0.4 is 0 Å². The summed E-state index contributed by atoms with van der Waals surface area (Å²) in [5.74, 6) is -0.113. The lowest BCUT2D eigenvalue weighted by atomic mass is 10.0. The Balaban J connectivity index is 1.53. The Kier molecular flexibility index (Phi) is 3.26. The molecule has 1 aromatic heterocycles. The second kappa shape index (κ2) is 4.92. The van der Waals surface area contributed by atoms with Gasteiger partial charge in [-0.2, -0.15) is 0 Å². The van der Waals surface area contributed by atoms with Crippen LogP contribution in [-0.2, 0) is 0 Å². The summed E-state index contributed by atoms with van der Waals surface area (Å²) >= 11 is 0. The molecule has 0 amide bonds. The monoisotopic (exact) mass is 264 g/mol. The van der Waals surface area contributed by atoms with E-state index < -0.39 is 5.97 Å². The molecule has 19 heavy (non-hydrogen) atoms. The SMILES string of the molecule is CCC1CCC(N2CC(n3cc(C(=O)O)nn3)C2)C1. The lowest BCUT2D eigenvalue weighted by Crippen LogP contribution is -2.52. The van der Waals surface area contributed by atoms with Crippen molar-refractivity contribution < 1.29 is 9.90 Å². The Bertz CT molecular complexity index is 467. The predicted octanol–water partition coefficient (Wildman–Crippen LogP) is 1.41. The quantitative estimate of drug-likeness (QED) is 0.890. The smallest absolute Gasteiger partial charge is 0.358 e.